The average Bonchev–Trinajstić information content (AvgIpc) is 2.91. The number of para-hydroxylation sites is 1. The topological polar surface area (TPSA) is 69.6 Å². The van der Waals surface area contributed by atoms with Crippen molar-refractivity contribution in [3.63, 3.8) is 0 Å². The largest absolute Gasteiger partial charge is 0.398 e. The Bertz CT molecular complexity index is 771. The van der Waals surface area contributed by atoms with E-state index in [2.05, 4.69) is 31.5 Å². The molecule has 3 aromatic rings. The molecule has 0 saturated heterocycles. The van der Waals surface area contributed by atoms with Crippen molar-refractivity contribution >= 4 is 33.2 Å². The summed E-state index contributed by atoms with van der Waals surface area (Å²) in [6.45, 7) is 0. The third kappa shape index (κ3) is 2.28. The highest BCUT2D eigenvalue weighted by molar-refractivity contribution is 9.10. The Morgan fingerprint density at radius 3 is 2.70 bits per heavy atom. The zero-order chi connectivity index (χ0) is 14.1. The Balaban J connectivity index is 2.15. The third-order valence-electron chi connectivity index (χ3n) is 2.82. The molecule has 0 aliphatic heterocycles. The van der Waals surface area contributed by atoms with Gasteiger partial charge in [-0.3, -0.25) is 0 Å². The van der Waals surface area contributed by atoms with Crippen molar-refractivity contribution in [1.29, 1.82) is 0 Å². The fourth-order valence-electron chi connectivity index (χ4n) is 1.85. The van der Waals surface area contributed by atoms with Gasteiger partial charge in [0.2, 0.25) is 0 Å². The van der Waals surface area contributed by atoms with Crippen molar-refractivity contribution in [3.8, 4) is 17.1 Å². The van der Waals surface area contributed by atoms with Gasteiger partial charge in [0.25, 0.3) is 0 Å². The molecule has 0 saturated carbocycles. The van der Waals surface area contributed by atoms with E-state index in [1.165, 1.54) is 0 Å². The van der Waals surface area contributed by atoms with Gasteiger partial charge >= 0.3 is 0 Å². The molecule has 100 valence electrons. The van der Waals surface area contributed by atoms with Crippen LogP contribution in [0.5, 0.6) is 0 Å². The van der Waals surface area contributed by atoms with Crippen molar-refractivity contribution in [3.05, 3.63) is 52.0 Å². The second-order valence-electron chi connectivity index (χ2n) is 4.10. The van der Waals surface area contributed by atoms with Gasteiger partial charge in [0.1, 0.15) is 0 Å². The first-order chi connectivity index (χ1) is 9.66. The van der Waals surface area contributed by atoms with Gasteiger partial charge < -0.3 is 5.73 Å². The average molecular weight is 351 g/mol. The molecule has 2 aromatic carbocycles. The lowest BCUT2D eigenvalue weighted by molar-refractivity contribution is 0.791. The first-order valence-corrected chi connectivity index (χ1v) is 6.92. The van der Waals surface area contributed by atoms with E-state index in [-0.39, 0.29) is 0 Å². The molecule has 0 fully saturated rings. The van der Waals surface area contributed by atoms with Crippen LogP contribution in [0.4, 0.5) is 5.69 Å². The maximum atomic E-state index is 6.00. The number of aromatic nitrogens is 4. The van der Waals surface area contributed by atoms with E-state index < -0.39 is 0 Å². The molecule has 0 spiro atoms. The smallest absolute Gasteiger partial charge is 0.189 e. The lowest BCUT2D eigenvalue weighted by atomic mass is 10.1. The van der Waals surface area contributed by atoms with Gasteiger partial charge in [-0.05, 0) is 56.7 Å². The molecule has 5 nitrogen and oxygen atoms in total. The number of tetrazole rings is 1. The van der Waals surface area contributed by atoms with Crippen LogP contribution in [0, 0.1) is 0 Å². The summed E-state index contributed by atoms with van der Waals surface area (Å²) in [6.07, 6.45) is 0. The summed E-state index contributed by atoms with van der Waals surface area (Å²) in [5, 5.41) is 12.4. The predicted molar refractivity (Wildman–Crippen MR) is 81.7 cm³/mol. The molecule has 3 rings (SSSR count). The fraction of sp³-hybridized carbons (Fsp3) is 0. The maximum absolute atomic E-state index is 6.00. The highest BCUT2D eigenvalue weighted by Crippen LogP contribution is 2.28. The van der Waals surface area contributed by atoms with Crippen molar-refractivity contribution in [2.45, 2.75) is 0 Å². The summed E-state index contributed by atoms with van der Waals surface area (Å²) in [6, 6.07) is 12.9. The van der Waals surface area contributed by atoms with Crippen LogP contribution in [-0.2, 0) is 0 Å². The summed E-state index contributed by atoms with van der Waals surface area (Å²) < 4.78 is 2.39. The molecule has 2 N–H and O–H groups in total. The Hall–Kier alpha value is -1.92. The number of hydrogen-bond donors (Lipinski definition) is 1. The van der Waals surface area contributed by atoms with Gasteiger partial charge in [0.15, 0.2) is 5.82 Å². The lowest BCUT2D eigenvalue weighted by Crippen LogP contribution is -2.01. The van der Waals surface area contributed by atoms with Crippen LogP contribution in [-0.4, -0.2) is 20.2 Å². The first-order valence-electron chi connectivity index (χ1n) is 5.75. The van der Waals surface area contributed by atoms with Crippen LogP contribution < -0.4 is 5.73 Å². The normalized spacial score (nSPS) is 10.7. The molecule has 1 aromatic heterocycles. The van der Waals surface area contributed by atoms with Gasteiger partial charge in [0.05, 0.1) is 10.7 Å². The Morgan fingerprint density at radius 2 is 1.95 bits per heavy atom. The van der Waals surface area contributed by atoms with E-state index >= 15 is 0 Å². The van der Waals surface area contributed by atoms with Gasteiger partial charge in [-0.25, -0.2) is 0 Å². The number of nitrogen functional groups attached to an aromatic ring is 1. The summed E-state index contributed by atoms with van der Waals surface area (Å²) in [4.78, 5) is 0. The Kier molecular flexibility index (Phi) is 3.42. The number of benzene rings is 2. The number of anilines is 1. The second kappa shape index (κ2) is 5.22. The monoisotopic (exact) mass is 349 g/mol. The summed E-state index contributed by atoms with van der Waals surface area (Å²) in [7, 11) is 0. The van der Waals surface area contributed by atoms with Crippen LogP contribution in [0.1, 0.15) is 0 Å². The van der Waals surface area contributed by atoms with Crippen LogP contribution >= 0.6 is 27.5 Å². The van der Waals surface area contributed by atoms with Gasteiger partial charge in [-0.15, -0.1) is 5.10 Å². The number of nitrogens with zero attached hydrogens (tertiary/aromatic N) is 4. The third-order valence-corrected chi connectivity index (χ3v) is 4.03. The van der Waals surface area contributed by atoms with Crippen LogP contribution in [0.15, 0.2) is 46.9 Å². The predicted octanol–water partition coefficient (Wildman–Crippen LogP) is 3.33. The molecule has 1 heterocycles. The molecule has 0 bridgehead atoms. The minimum atomic E-state index is 0.581. The first kappa shape index (κ1) is 13.1. The fourth-order valence-corrected chi connectivity index (χ4v) is 2.33. The van der Waals surface area contributed by atoms with Crippen molar-refractivity contribution < 1.29 is 0 Å². The van der Waals surface area contributed by atoms with Crippen LogP contribution in [0.25, 0.3) is 17.1 Å². The summed E-state index contributed by atoms with van der Waals surface area (Å²) >= 11 is 9.38. The standard InChI is InChI=1S/C13H9BrClN5/c14-10-7-8(5-6-11(10)15)20-13(17-18-19-20)9-3-1-2-4-12(9)16/h1-7H,16H2. The molecule has 20 heavy (non-hydrogen) atoms. The molecule has 0 amide bonds. The van der Waals surface area contributed by atoms with Gasteiger partial charge in [-0.1, -0.05) is 23.7 Å². The molecule has 0 unspecified atom stereocenters. The van der Waals surface area contributed by atoms with Gasteiger partial charge in [0, 0.05) is 15.7 Å². The minimum absolute atomic E-state index is 0.581. The zero-order valence-corrected chi connectivity index (χ0v) is 12.5. The SMILES string of the molecule is Nc1ccccc1-c1nnnn1-c1ccc(Cl)c(Br)c1. The number of hydrogen-bond acceptors (Lipinski definition) is 4. The maximum Gasteiger partial charge on any atom is 0.189 e. The molecular weight excluding hydrogens is 342 g/mol. The number of rotatable bonds is 2. The molecule has 0 aliphatic rings. The van der Waals surface area contributed by atoms with Crippen LogP contribution in [0.3, 0.4) is 0 Å². The molecule has 0 aliphatic carbocycles. The van der Waals surface area contributed by atoms with Crippen LogP contribution in [0.2, 0.25) is 5.02 Å². The summed E-state index contributed by atoms with van der Waals surface area (Å²) in [5.74, 6) is 0.581. The molecule has 0 atom stereocenters. The quantitative estimate of drug-likeness (QED) is 0.720. The highest BCUT2D eigenvalue weighted by Gasteiger charge is 2.13. The van der Waals surface area contributed by atoms with E-state index in [9.17, 15) is 0 Å². The second-order valence-corrected chi connectivity index (χ2v) is 5.36. The number of halogens is 2. The molecule has 0 radical (unpaired) electrons. The lowest BCUT2D eigenvalue weighted by Gasteiger charge is -2.07. The van der Waals surface area contributed by atoms with Crippen molar-refractivity contribution in [2.24, 2.45) is 0 Å². The Morgan fingerprint density at radius 1 is 1.15 bits per heavy atom. The zero-order valence-electron chi connectivity index (χ0n) is 10.2. The number of nitrogens with two attached hydrogens (primary N) is 1. The minimum Gasteiger partial charge on any atom is -0.398 e. The van der Waals surface area contributed by atoms with E-state index in [1.807, 2.05) is 36.4 Å². The van der Waals surface area contributed by atoms with E-state index in [4.69, 9.17) is 17.3 Å². The highest BCUT2D eigenvalue weighted by atomic mass is 79.9. The summed E-state index contributed by atoms with van der Waals surface area (Å²) in [5.41, 5.74) is 8.17. The Labute approximate surface area is 128 Å². The van der Waals surface area contributed by atoms with Crippen molar-refractivity contribution in [2.75, 3.05) is 5.73 Å². The van der Waals surface area contributed by atoms with Crippen molar-refractivity contribution in [1.82, 2.24) is 20.2 Å². The molecule has 7 heteroatoms. The van der Waals surface area contributed by atoms with E-state index in [1.54, 1.807) is 10.7 Å². The van der Waals surface area contributed by atoms with E-state index in [0.29, 0.717) is 16.5 Å². The van der Waals surface area contributed by atoms with E-state index in [0.717, 1.165) is 15.7 Å². The molecular formula is C13H9BrClN5. The van der Waals surface area contributed by atoms with Gasteiger partial charge in [-0.2, -0.15) is 4.68 Å².